The Bertz CT molecular complexity index is 770. The van der Waals surface area contributed by atoms with Crippen molar-refractivity contribution in [2.45, 2.75) is 6.18 Å². The van der Waals surface area contributed by atoms with Gasteiger partial charge in [-0.3, -0.25) is 20.2 Å². The van der Waals surface area contributed by atoms with E-state index in [1.54, 1.807) is 0 Å². The molecule has 0 saturated carbocycles. The van der Waals surface area contributed by atoms with E-state index < -0.39 is 49.9 Å². The first-order chi connectivity index (χ1) is 10.6. The van der Waals surface area contributed by atoms with Crippen molar-refractivity contribution in [3.63, 3.8) is 0 Å². The number of hydrogen-bond acceptors (Lipinski definition) is 4. The minimum absolute atomic E-state index is 0.474. The van der Waals surface area contributed by atoms with E-state index in [1.165, 1.54) is 6.07 Å². The third kappa shape index (κ3) is 3.10. The van der Waals surface area contributed by atoms with Crippen LogP contribution in [0.25, 0.3) is 11.1 Å². The molecule has 0 bridgehead atoms. The first-order valence-corrected chi connectivity index (χ1v) is 5.92. The molecule has 2 aromatic rings. The highest BCUT2D eigenvalue weighted by Gasteiger charge is 2.35. The minimum Gasteiger partial charge on any atom is -0.258 e. The van der Waals surface area contributed by atoms with Gasteiger partial charge in [0.05, 0.1) is 15.4 Å². The SMILES string of the molecule is O=[N+]([O-])c1cc(-c2ccccc2C(F)(F)F)cc([N+](=O)[O-])c1F. The summed E-state index contributed by atoms with van der Waals surface area (Å²) in [6, 6.07) is 5.10. The average Bonchev–Trinajstić information content (AvgIpc) is 2.46. The number of nitrogens with zero attached hydrogens (tertiary/aromatic N) is 2. The van der Waals surface area contributed by atoms with Gasteiger partial charge in [-0.05, 0) is 17.2 Å². The lowest BCUT2D eigenvalue weighted by Crippen LogP contribution is -2.07. The largest absolute Gasteiger partial charge is 0.417 e. The molecule has 0 N–H and O–H groups in total. The van der Waals surface area contributed by atoms with E-state index in [1.807, 2.05) is 0 Å². The Balaban J connectivity index is 2.80. The van der Waals surface area contributed by atoms with Gasteiger partial charge >= 0.3 is 17.6 Å². The van der Waals surface area contributed by atoms with E-state index in [2.05, 4.69) is 0 Å². The maximum Gasteiger partial charge on any atom is 0.417 e. The number of nitro benzene ring substituents is 2. The number of hydrogen-bond donors (Lipinski definition) is 0. The van der Waals surface area contributed by atoms with Crippen LogP contribution in [0.3, 0.4) is 0 Å². The molecule has 2 rings (SSSR count). The van der Waals surface area contributed by atoms with Crippen LogP contribution in [0.4, 0.5) is 28.9 Å². The summed E-state index contributed by atoms with van der Waals surface area (Å²) in [5.74, 6) is -1.71. The second kappa shape index (κ2) is 5.63. The summed E-state index contributed by atoms with van der Waals surface area (Å²) in [7, 11) is 0. The van der Waals surface area contributed by atoms with E-state index in [9.17, 15) is 37.8 Å². The van der Waals surface area contributed by atoms with Crippen LogP contribution < -0.4 is 0 Å². The van der Waals surface area contributed by atoms with E-state index >= 15 is 0 Å². The Morgan fingerprint density at radius 3 is 1.83 bits per heavy atom. The molecule has 0 aliphatic rings. The molecule has 0 atom stereocenters. The zero-order valence-electron chi connectivity index (χ0n) is 11.0. The normalized spacial score (nSPS) is 11.3. The average molecular weight is 330 g/mol. The molecule has 0 aliphatic heterocycles. The van der Waals surface area contributed by atoms with Crippen molar-refractivity contribution >= 4 is 11.4 Å². The van der Waals surface area contributed by atoms with Gasteiger partial charge < -0.3 is 0 Å². The molecule has 6 nitrogen and oxygen atoms in total. The topological polar surface area (TPSA) is 86.3 Å². The molecule has 0 amide bonds. The summed E-state index contributed by atoms with van der Waals surface area (Å²) in [4.78, 5) is 19.1. The van der Waals surface area contributed by atoms with Crippen LogP contribution in [0, 0.1) is 26.0 Å². The smallest absolute Gasteiger partial charge is 0.258 e. The molecule has 0 aliphatic carbocycles. The molecule has 0 spiro atoms. The third-order valence-electron chi connectivity index (χ3n) is 2.97. The van der Waals surface area contributed by atoms with Gasteiger partial charge in [0.2, 0.25) is 0 Å². The molecule has 120 valence electrons. The zero-order chi connectivity index (χ0) is 17.4. The summed E-state index contributed by atoms with van der Waals surface area (Å²) in [6.07, 6.45) is -4.78. The van der Waals surface area contributed by atoms with E-state index in [0.717, 1.165) is 18.2 Å². The summed E-state index contributed by atoms with van der Waals surface area (Å²) in [6.45, 7) is 0. The highest BCUT2D eigenvalue weighted by molar-refractivity contribution is 5.73. The van der Waals surface area contributed by atoms with Gasteiger partial charge in [-0.2, -0.15) is 17.6 Å². The maximum atomic E-state index is 13.7. The molecule has 0 fully saturated rings. The standard InChI is InChI=1S/C13H6F4N2O4/c14-12-10(18(20)21)5-7(6-11(12)19(22)23)8-3-1-2-4-9(8)13(15,16)17/h1-6H. The monoisotopic (exact) mass is 330 g/mol. The summed E-state index contributed by atoms with van der Waals surface area (Å²) < 4.78 is 52.7. The van der Waals surface area contributed by atoms with Gasteiger partial charge in [-0.1, -0.05) is 18.2 Å². The Labute approximate surface area is 125 Å². The number of alkyl halides is 3. The lowest BCUT2D eigenvalue weighted by atomic mass is 9.98. The van der Waals surface area contributed by atoms with Crippen molar-refractivity contribution in [1.29, 1.82) is 0 Å². The van der Waals surface area contributed by atoms with Crippen molar-refractivity contribution in [2.75, 3.05) is 0 Å². The second-order valence-electron chi connectivity index (χ2n) is 4.39. The van der Waals surface area contributed by atoms with Crippen molar-refractivity contribution in [2.24, 2.45) is 0 Å². The predicted octanol–water partition coefficient (Wildman–Crippen LogP) is 4.33. The van der Waals surface area contributed by atoms with Crippen molar-refractivity contribution < 1.29 is 27.4 Å². The number of benzene rings is 2. The van der Waals surface area contributed by atoms with Crippen molar-refractivity contribution in [1.82, 2.24) is 0 Å². The molecule has 2 aromatic carbocycles. The maximum absolute atomic E-state index is 13.7. The molecule has 0 aromatic heterocycles. The van der Waals surface area contributed by atoms with E-state index in [-0.39, 0.29) is 0 Å². The Kier molecular flexibility index (Phi) is 4.00. The first-order valence-electron chi connectivity index (χ1n) is 5.92. The fourth-order valence-electron chi connectivity index (χ4n) is 2.00. The Morgan fingerprint density at radius 1 is 0.913 bits per heavy atom. The van der Waals surface area contributed by atoms with Crippen LogP contribution in [-0.2, 0) is 6.18 Å². The Morgan fingerprint density at radius 2 is 1.39 bits per heavy atom. The Hall–Kier alpha value is -3.04. The summed E-state index contributed by atoms with van der Waals surface area (Å²) >= 11 is 0. The quantitative estimate of drug-likeness (QED) is 0.476. The second-order valence-corrected chi connectivity index (χ2v) is 4.39. The zero-order valence-corrected chi connectivity index (χ0v) is 11.0. The fourth-order valence-corrected chi connectivity index (χ4v) is 2.00. The van der Waals surface area contributed by atoms with E-state index in [4.69, 9.17) is 0 Å². The van der Waals surface area contributed by atoms with Crippen LogP contribution in [0.5, 0.6) is 0 Å². The van der Waals surface area contributed by atoms with Crippen molar-refractivity contribution in [3.8, 4) is 11.1 Å². The number of halogens is 4. The summed E-state index contributed by atoms with van der Waals surface area (Å²) in [5.41, 5.74) is -4.68. The van der Waals surface area contributed by atoms with Gasteiger partial charge in [0, 0.05) is 12.1 Å². The van der Waals surface area contributed by atoms with Gasteiger partial charge in [0.1, 0.15) is 0 Å². The lowest BCUT2D eigenvalue weighted by Gasteiger charge is -2.12. The number of nitro groups is 2. The lowest BCUT2D eigenvalue weighted by molar-refractivity contribution is -0.399. The van der Waals surface area contributed by atoms with Gasteiger partial charge in [-0.25, -0.2) is 0 Å². The molecule has 10 heteroatoms. The van der Waals surface area contributed by atoms with Crippen LogP contribution in [0.2, 0.25) is 0 Å². The van der Waals surface area contributed by atoms with Gasteiger partial charge in [0.25, 0.3) is 5.82 Å². The molecular weight excluding hydrogens is 324 g/mol. The molecule has 0 heterocycles. The number of rotatable bonds is 3. The molecule has 0 saturated heterocycles. The van der Waals surface area contributed by atoms with Crippen LogP contribution in [-0.4, -0.2) is 9.85 Å². The molecule has 23 heavy (non-hydrogen) atoms. The fraction of sp³-hybridized carbons (Fsp3) is 0.0769. The van der Waals surface area contributed by atoms with Gasteiger partial charge in [-0.15, -0.1) is 0 Å². The predicted molar refractivity (Wildman–Crippen MR) is 70.1 cm³/mol. The highest BCUT2D eigenvalue weighted by atomic mass is 19.4. The summed E-state index contributed by atoms with van der Waals surface area (Å²) in [5, 5.41) is 21.6. The first kappa shape index (κ1) is 16.3. The molecular formula is C13H6F4N2O4. The third-order valence-corrected chi connectivity index (χ3v) is 2.97. The van der Waals surface area contributed by atoms with Crippen LogP contribution >= 0.6 is 0 Å². The van der Waals surface area contributed by atoms with Crippen LogP contribution in [0.1, 0.15) is 5.56 Å². The minimum atomic E-state index is -4.78. The highest BCUT2D eigenvalue weighted by Crippen LogP contribution is 2.40. The van der Waals surface area contributed by atoms with Crippen LogP contribution in [0.15, 0.2) is 36.4 Å². The van der Waals surface area contributed by atoms with E-state index in [0.29, 0.717) is 12.1 Å². The van der Waals surface area contributed by atoms with Crippen molar-refractivity contribution in [3.05, 3.63) is 68.0 Å². The van der Waals surface area contributed by atoms with Gasteiger partial charge in [0.15, 0.2) is 0 Å². The molecule has 0 radical (unpaired) electrons. The molecule has 0 unspecified atom stereocenters.